The van der Waals surface area contributed by atoms with Crippen LogP contribution in [0, 0.1) is 11.8 Å². The Labute approximate surface area is 253 Å². The zero-order chi connectivity index (χ0) is 29.6. The minimum atomic E-state index is -3.92. The summed E-state index contributed by atoms with van der Waals surface area (Å²) in [5.41, 5.74) is 0. The van der Waals surface area contributed by atoms with Gasteiger partial charge in [-0.05, 0) is 0 Å². The van der Waals surface area contributed by atoms with Crippen molar-refractivity contribution in [3.05, 3.63) is 0 Å². The summed E-state index contributed by atoms with van der Waals surface area (Å²) in [5.74, 6) is -0.156. The van der Waals surface area contributed by atoms with Crippen LogP contribution in [0.15, 0.2) is 0 Å². The predicted octanol–water partition coefficient (Wildman–Crippen LogP) is 10.6. The van der Waals surface area contributed by atoms with E-state index in [0.29, 0.717) is 0 Å². The standard InChI is InChI=1S/2C8H16O2.4C4H9.O.2Sn/c2*1-3-5-6-7(4-2)8(9)10;4*1-3-4-2;;;/h2*7H,3-6H2,1-2H3,(H,9,10);4*1,3-4H2,2H3;;;/q;;;;;;;2*+1/p-2. The van der Waals surface area contributed by atoms with Gasteiger partial charge in [0.1, 0.15) is 0 Å². The van der Waals surface area contributed by atoms with Gasteiger partial charge in [0.15, 0.2) is 0 Å². The van der Waals surface area contributed by atoms with Crippen molar-refractivity contribution >= 4 is 50.3 Å². The quantitative estimate of drug-likeness (QED) is 0.0821. The summed E-state index contributed by atoms with van der Waals surface area (Å²) in [5, 5.41) is 0. The van der Waals surface area contributed by atoms with E-state index < -0.39 is 38.4 Å². The van der Waals surface area contributed by atoms with Gasteiger partial charge in [-0.25, -0.2) is 0 Å². The summed E-state index contributed by atoms with van der Waals surface area (Å²) in [6.45, 7) is 17.4. The number of carbonyl (C=O) groups is 2. The normalized spacial score (nSPS) is 13.7. The summed E-state index contributed by atoms with van der Waals surface area (Å²) in [4.78, 5) is 27.4. The van der Waals surface area contributed by atoms with Crippen LogP contribution in [0.25, 0.3) is 0 Å². The van der Waals surface area contributed by atoms with Crippen molar-refractivity contribution in [2.24, 2.45) is 11.8 Å². The fourth-order valence-electron chi connectivity index (χ4n) is 5.24. The first kappa shape index (κ1) is 39.5. The summed E-state index contributed by atoms with van der Waals surface area (Å²) in [6.07, 6.45) is 16.0. The number of hydrogen-bond donors (Lipinski definition) is 0. The van der Waals surface area contributed by atoms with Crippen molar-refractivity contribution in [3.8, 4) is 0 Å². The van der Waals surface area contributed by atoms with E-state index in [0.717, 1.165) is 120 Å². The van der Waals surface area contributed by atoms with Gasteiger partial charge in [-0.2, -0.15) is 0 Å². The third kappa shape index (κ3) is 16.1. The van der Waals surface area contributed by atoms with Crippen LogP contribution < -0.4 is 0 Å². The van der Waals surface area contributed by atoms with E-state index >= 15 is 0 Å². The van der Waals surface area contributed by atoms with Crippen molar-refractivity contribution in [3.63, 3.8) is 0 Å². The van der Waals surface area contributed by atoms with Gasteiger partial charge in [0, 0.05) is 0 Å². The van der Waals surface area contributed by atoms with Crippen molar-refractivity contribution in [2.75, 3.05) is 0 Å². The molecule has 0 N–H and O–H groups in total. The Morgan fingerprint density at radius 3 is 1.00 bits per heavy atom. The van der Waals surface area contributed by atoms with Crippen LogP contribution in [0.2, 0.25) is 17.7 Å². The van der Waals surface area contributed by atoms with Crippen molar-refractivity contribution in [1.29, 1.82) is 0 Å². The number of rotatable bonds is 26. The Bertz CT molecular complexity index is 560. The Morgan fingerprint density at radius 1 is 0.487 bits per heavy atom. The molecule has 0 spiro atoms. The topological polar surface area (TPSA) is 61.8 Å². The first-order valence-corrected chi connectivity index (χ1v) is 29.6. The van der Waals surface area contributed by atoms with Gasteiger partial charge < -0.3 is 0 Å². The molecular weight excluding hydrogens is 702 g/mol. The Kier molecular flexibility index (Phi) is 24.3. The number of unbranched alkanes of at least 4 members (excludes halogenated alkanes) is 6. The van der Waals surface area contributed by atoms with Gasteiger partial charge >= 0.3 is 255 Å². The average molecular weight is 768 g/mol. The zero-order valence-electron chi connectivity index (χ0n) is 27.3. The molecule has 5 nitrogen and oxygen atoms in total. The summed E-state index contributed by atoms with van der Waals surface area (Å²) < 4.78 is 24.6. The van der Waals surface area contributed by atoms with Crippen molar-refractivity contribution in [1.82, 2.24) is 0 Å². The molecule has 0 aromatic rings. The van der Waals surface area contributed by atoms with Crippen LogP contribution >= 0.6 is 0 Å². The Balaban J connectivity index is 6.55. The van der Waals surface area contributed by atoms with Crippen LogP contribution in [-0.2, 0) is 17.1 Å². The van der Waals surface area contributed by atoms with Crippen LogP contribution in [0.1, 0.15) is 158 Å². The molecule has 0 saturated carbocycles. The molecule has 0 aliphatic carbocycles. The third-order valence-electron chi connectivity index (χ3n) is 8.05. The molecule has 2 unspecified atom stereocenters. The van der Waals surface area contributed by atoms with E-state index in [-0.39, 0.29) is 23.8 Å². The molecule has 0 aromatic carbocycles. The molecule has 232 valence electrons. The Morgan fingerprint density at radius 2 is 0.769 bits per heavy atom. The van der Waals surface area contributed by atoms with Gasteiger partial charge in [-0.3, -0.25) is 0 Å². The summed E-state index contributed by atoms with van der Waals surface area (Å²) in [6, 6.07) is 0. The van der Waals surface area contributed by atoms with Crippen LogP contribution in [0.4, 0.5) is 0 Å². The zero-order valence-corrected chi connectivity index (χ0v) is 33.0. The van der Waals surface area contributed by atoms with Gasteiger partial charge in [-0.1, -0.05) is 0 Å². The second-order valence-electron chi connectivity index (χ2n) is 11.7. The van der Waals surface area contributed by atoms with Crippen molar-refractivity contribution < 1.29 is 17.1 Å². The van der Waals surface area contributed by atoms with E-state index in [1.165, 1.54) is 0 Å². The van der Waals surface area contributed by atoms with Gasteiger partial charge in [0.05, 0.1) is 0 Å². The molecule has 0 aliphatic heterocycles. The van der Waals surface area contributed by atoms with Crippen LogP contribution in [-0.4, -0.2) is 50.3 Å². The number of hydrogen-bond acceptors (Lipinski definition) is 5. The van der Waals surface area contributed by atoms with Gasteiger partial charge in [0.2, 0.25) is 0 Å². The molecule has 0 aromatic heterocycles. The molecule has 0 rings (SSSR count). The molecular formula is C32H66O5Sn2. The fraction of sp³-hybridized carbons (Fsp3) is 0.938. The fourth-order valence-corrected chi connectivity index (χ4v) is 46.8. The van der Waals surface area contributed by atoms with Crippen LogP contribution in [0.5, 0.6) is 0 Å². The average Bonchev–Trinajstić information content (AvgIpc) is 2.93. The van der Waals surface area contributed by atoms with E-state index in [2.05, 4.69) is 55.4 Å². The summed E-state index contributed by atoms with van der Waals surface area (Å²) >= 11 is -7.84. The molecule has 2 atom stereocenters. The van der Waals surface area contributed by atoms with E-state index in [9.17, 15) is 9.59 Å². The molecule has 0 saturated heterocycles. The van der Waals surface area contributed by atoms with Crippen LogP contribution in [0.3, 0.4) is 0 Å². The second kappa shape index (κ2) is 24.0. The van der Waals surface area contributed by atoms with Crippen molar-refractivity contribution in [2.45, 2.75) is 176 Å². The second-order valence-corrected chi connectivity index (χ2v) is 33.4. The first-order chi connectivity index (χ1) is 18.8. The maximum absolute atomic E-state index is 13.7. The maximum atomic E-state index is 13.7. The van der Waals surface area contributed by atoms with E-state index in [1.807, 2.05) is 0 Å². The predicted molar refractivity (Wildman–Crippen MR) is 170 cm³/mol. The molecule has 7 heteroatoms. The molecule has 0 radical (unpaired) electrons. The van der Waals surface area contributed by atoms with Gasteiger partial charge in [-0.15, -0.1) is 0 Å². The number of carbonyl (C=O) groups excluding carboxylic acids is 2. The monoisotopic (exact) mass is 770 g/mol. The molecule has 0 bridgehead atoms. The third-order valence-corrected chi connectivity index (χ3v) is 40.4. The van der Waals surface area contributed by atoms with E-state index in [1.54, 1.807) is 0 Å². The summed E-state index contributed by atoms with van der Waals surface area (Å²) in [7, 11) is 0. The Hall–Kier alpha value is 0.497. The first-order valence-electron chi connectivity index (χ1n) is 16.9. The molecule has 0 fully saturated rings. The molecule has 39 heavy (non-hydrogen) atoms. The molecule has 0 heterocycles. The molecule has 0 aliphatic rings. The van der Waals surface area contributed by atoms with E-state index in [4.69, 9.17) is 7.56 Å². The van der Waals surface area contributed by atoms with Gasteiger partial charge in [0.25, 0.3) is 0 Å². The SMILES string of the molecule is CCCCC(CC)C(=O)[O][Sn]([CH2]CCC)([CH2]CCC)[O][Sn]([CH2]CCC)([CH2]CCC)[O]C(=O)C(CC)CCCC. The minimum absolute atomic E-state index is 0.0270. The molecule has 0 amide bonds.